The van der Waals surface area contributed by atoms with Gasteiger partial charge in [0.15, 0.2) is 0 Å². The molecule has 3 aromatic rings. The zero-order valence-electron chi connectivity index (χ0n) is 19.5. The molecule has 2 heterocycles. The van der Waals surface area contributed by atoms with E-state index in [1.165, 1.54) is 29.5 Å². The Bertz CT molecular complexity index is 1170. The highest BCUT2D eigenvalue weighted by Crippen LogP contribution is 2.33. The molecule has 2 aromatic carbocycles. The second-order valence-corrected chi connectivity index (χ2v) is 10.2. The molecule has 1 aliphatic carbocycles. The molecule has 1 amide bonds. The Morgan fingerprint density at radius 2 is 1.82 bits per heavy atom. The first-order chi connectivity index (χ1) is 16.6. The predicted molar refractivity (Wildman–Crippen MR) is 142 cm³/mol. The van der Waals surface area contributed by atoms with Gasteiger partial charge in [0, 0.05) is 54.9 Å². The monoisotopic (exact) mass is 498 g/mol. The summed E-state index contributed by atoms with van der Waals surface area (Å²) >= 11 is 12.6. The Morgan fingerprint density at radius 3 is 2.68 bits per heavy atom. The summed E-state index contributed by atoms with van der Waals surface area (Å²) in [6.45, 7) is 5.67. The Labute approximate surface area is 211 Å². The van der Waals surface area contributed by atoms with Gasteiger partial charge in [0.05, 0.1) is 15.7 Å². The van der Waals surface area contributed by atoms with E-state index in [1.54, 1.807) is 0 Å². The van der Waals surface area contributed by atoms with Crippen molar-refractivity contribution in [1.82, 2.24) is 15.2 Å². The minimum absolute atomic E-state index is 0.0275. The summed E-state index contributed by atoms with van der Waals surface area (Å²) in [5, 5.41) is 5.58. The van der Waals surface area contributed by atoms with Crippen molar-refractivity contribution in [2.45, 2.75) is 38.5 Å². The van der Waals surface area contributed by atoms with E-state index >= 15 is 0 Å². The van der Waals surface area contributed by atoms with Crippen molar-refractivity contribution < 1.29 is 4.79 Å². The third-order valence-corrected chi connectivity index (χ3v) is 8.00. The molecular weight excluding hydrogens is 467 g/mol. The standard InChI is InChI=1S/C27H32Cl2N4O/c28-22-7-5-9-25(26(22)29)33-16-14-32(15-17-33)13-4-3-12-30-27(34)19-10-11-24-21(18-19)20-6-1-2-8-23(20)31-24/h5,7,9-11,18,31H,1-4,6,8,12-17H2,(H,30,34). The first kappa shape index (κ1) is 23.5. The molecule has 5 rings (SSSR count). The van der Waals surface area contributed by atoms with E-state index in [1.807, 2.05) is 24.3 Å². The fraction of sp³-hybridized carbons (Fsp3) is 0.444. The maximum Gasteiger partial charge on any atom is 0.251 e. The Morgan fingerprint density at radius 1 is 1.00 bits per heavy atom. The summed E-state index contributed by atoms with van der Waals surface area (Å²) in [6.07, 6.45) is 6.77. The summed E-state index contributed by atoms with van der Waals surface area (Å²) < 4.78 is 0. The summed E-state index contributed by atoms with van der Waals surface area (Å²) in [7, 11) is 0. The molecule has 1 aliphatic heterocycles. The lowest BCUT2D eigenvalue weighted by Crippen LogP contribution is -2.46. The highest BCUT2D eigenvalue weighted by molar-refractivity contribution is 6.43. The summed E-state index contributed by atoms with van der Waals surface area (Å²) in [4.78, 5) is 21.0. The highest BCUT2D eigenvalue weighted by Gasteiger charge is 2.20. The molecule has 0 bridgehead atoms. The molecule has 34 heavy (non-hydrogen) atoms. The van der Waals surface area contributed by atoms with Crippen LogP contribution in [0.25, 0.3) is 10.9 Å². The number of hydrogen-bond acceptors (Lipinski definition) is 3. The quantitative estimate of drug-likeness (QED) is 0.411. The average molecular weight is 499 g/mol. The van der Waals surface area contributed by atoms with Crippen LogP contribution < -0.4 is 10.2 Å². The summed E-state index contributed by atoms with van der Waals surface area (Å²) in [5.74, 6) is 0.0275. The number of nitrogens with zero attached hydrogens (tertiary/aromatic N) is 2. The van der Waals surface area contributed by atoms with Gasteiger partial charge in [-0.1, -0.05) is 29.3 Å². The lowest BCUT2D eigenvalue weighted by Gasteiger charge is -2.36. The molecule has 0 radical (unpaired) electrons. The topological polar surface area (TPSA) is 51.4 Å². The fourth-order valence-corrected chi connectivity index (χ4v) is 5.68. The van der Waals surface area contributed by atoms with Crippen molar-refractivity contribution in [2.24, 2.45) is 0 Å². The number of rotatable bonds is 7. The average Bonchev–Trinajstić information content (AvgIpc) is 3.24. The molecule has 0 atom stereocenters. The number of piperazine rings is 1. The Kier molecular flexibility index (Phi) is 7.33. The van der Waals surface area contributed by atoms with Crippen LogP contribution in [0.1, 0.15) is 47.3 Å². The third kappa shape index (κ3) is 5.07. The molecule has 0 unspecified atom stereocenters. The number of H-pyrrole nitrogens is 1. The molecular formula is C27H32Cl2N4O. The number of fused-ring (bicyclic) bond motifs is 3. The maximum atomic E-state index is 12.7. The van der Waals surface area contributed by atoms with Crippen LogP contribution in [-0.2, 0) is 12.8 Å². The van der Waals surface area contributed by atoms with E-state index in [0.717, 1.165) is 75.2 Å². The van der Waals surface area contributed by atoms with Gasteiger partial charge in [0.25, 0.3) is 5.91 Å². The van der Waals surface area contributed by atoms with Crippen LogP contribution in [0.3, 0.4) is 0 Å². The van der Waals surface area contributed by atoms with E-state index in [0.29, 0.717) is 16.6 Å². The molecule has 2 N–H and O–H groups in total. The second-order valence-electron chi connectivity index (χ2n) is 9.41. The number of unbranched alkanes of at least 4 members (excludes halogenated alkanes) is 1. The van der Waals surface area contributed by atoms with Gasteiger partial charge in [0.2, 0.25) is 0 Å². The van der Waals surface area contributed by atoms with Crippen molar-refractivity contribution in [3.8, 4) is 0 Å². The van der Waals surface area contributed by atoms with Gasteiger partial charge in [-0.3, -0.25) is 9.69 Å². The van der Waals surface area contributed by atoms with E-state index in [9.17, 15) is 4.79 Å². The van der Waals surface area contributed by atoms with Crippen molar-refractivity contribution in [3.63, 3.8) is 0 Å². The predicted octanol–water partition coefficient (Wildman–Crippen LogP) is 5.69. The van der Waals surface area contributed by atoms with E-state index in [2.05, 4.69) is 32.2 Å². The third-order valence-electron chi connectivity index (χ3n) is 7.19. The van der Waals surface area contributed by atoms with Crippen LogP contribution in [0.5, 0.6) is 0 Å². The zero-order valence-corrected chi connectivity index (χ0v) is 21.0. The van der Waals surface area contributed by atoms with E-state index < -0.39 is 0 Å². The normalized spacial score (nSPS) is 16.6. The smallest absolute Gasteiger partial charge is 0.251 e. The van der Waals surface area contributed by atoms with Crippen LogP contribution in [0.2, 0.25) is 10.0 Å². The van der Waals surface area contributed by atoms with Crippen LogP contribution in [0.4, 0.5) is 5.69 Å². The Balaban J connectivity index is 1.04. The molecule has 0 saturated carbocycles. The summed E-state index contributed by atoms with van der Waals surface area (Å²) in [5.41, 5.74) is 5.70. The van der Waals surface area contributed by atoms with Gasteiger partial charge in [-0.25, -0.2) is 0 Å². The van der Waals surface area contributed by atoms with E-state index in [-0.39, 0.29) is 5.91 Å². The van der Waals surface area contributed by atoms with Crippen molar-refractivity contribution in [1.29, 1.82) is 0 Å². The molecule has 2 aliphatic rings. The molecule has 1 fully saturated rings. The number of halogens is 2. The van der Waals surface area contributed by atoms with Gasteiger partial charge >= 0.3 is 0 Å². The minimum Gasteiger partial charge on any atom is -0.368 e. The summed E-state index contributed by atoms with van der Waals surface area (Å²) in [6, 6.07) is 11.9. The number of aromatic amines is 1. The molecule has 5 nitrogen and oxygen atoms in total. The van der Waals surface area contributed by atoms with Gasteiger partial charge in [-0.05, 0) is 81.0 Å². The van der Waals surface area contributed by atoms with Gasteiger partial charge < -0.3 is 15.2 Å². The van der Waals surface area contributed by atoms with Gasteiger partial charge in [0.1, 0.15) is 0 Å². The largest absolute Gasteiger partial charge is 0.368 e. The van der Waals surface area contributed by atoms with Gasteiger partial charge in [-0.2, -0.15) is 0 Å². The molecule has 7 heteroatoms. The van der Waals surface area contributed by atoms with Crippen molar-refractivity contribution in [3.05, 3.63) is 63.3 Å². The molecule has 1 aromatic heterocycles. The number of nitrogens with one attached hydrogen (secondary N) is 2. The number of hydrogen-bond donors (Lipinski definition) is 2. The molecule has 180 valence electrons. The van der Waals surface area contributed by atoms with Crippen LogP contribution >= 0.6 is 23.2 Å². The fourth-order valence-electron chi connectivity index (χ4n) is 5.26. The number of aryl methyl sites for hydroxylation is 2. The van der Waals surface area contributed by atoms with Crippen molar-refractivity contribution >= 4 is 45.7 Å². The van der Waals surface area contributed by atoms with Crippen molar-refractivity contribution in [2.75, 3.05) is 44.2 Å². The van der Waals surface area contributed by atoms with Crippen LogP contribution in [-0.4, -0.2) is 55.1 Å². The Hall–Kier alpha value is -2.21. The number of benzene rings is 2. The lowest BCUT2D eigenvalue weighted by molar-refractivity contribution is 0.0952. The highest BCUT2D eigenvalue weighted by atomic mass is 35.5. The van der Waals surface area contributed by atoms with Crippen LogP contribution in [0, 0.1) is 0 Å². The first-order valence-electron chi connectivity index (χ1n) is 12.4. The SMILES string of the molecule is O=C(NCCCCN1CCN(c2cccc(Cl)c2Cl)CC1)c1ccc2[nH]c3c(c2c1)CCCC3. The van der Waals surface area contributed by atoms with Gasteiger partial charge in [-0.15, -0.1) is 0 Å². The maximum absolute atomic E-state index is 12.7. The number of carbonyl (C=O) groups excluding carboxylic acids is 1. The minimum atomic E-state index is 0.0275. The second kappa shape index (κ2) is 10.6. The number of aromatic nitrogens is 1. The lowest BCUT2D eigenvalue weighted by atomic mass is 9.95. The van der Waals surface area contributed by atoms with Crippen LogP contribution in [0.15, 0.2) is 36.4 Å². The zero-order chi connectivity index (χ0) is 23.5. The molecule has 0 spiro atoms. The van der Waals surface area contributed by atoms with E-state index in [4.69, 9.17) is 23.2 Å². The number of amides is 1. The number of anilines is 1. The number of carbonyl (C=O) groups is 1. The first-order valence-corrected chi connectivity index (χ1v) is 13.2. The molecule has 1 saturated heterocycles.